The Labute approximate surface area is 194 Å². The number of para-hydroxylation sites is 1. The van der Waals surface area contributed by atoms with Crippen LogP contribution in [-0.2, 0) is 0 Å². The maximum absolute atomic E-state index is 14.1. The van der Waals surface area contributed by atoms with Crippen molar-refractivity contribution < 1.29 is 9.13 Å². The number of aromatic nitrogens is 5. The van der Waals surface area contributed by atoms with Gasteiger partial charge in [0.25, 0.3) is 0 Å². The monoisotopic (exact) mass is 459 g/mol. The number of nitrogen functional groups attached to an aromatic ring is 1. The lowest BCUT2D eigenvalue weighted by molar-refractivity contribution is 0.398. The van der Waals surface area contributed by atoms with Crippen molar-refractivity contribution in [3.05, 3.63) is 67.0 Å². The van der Waals surface area contributed by atoms with Crippen LogP contribution in [0.2, 0.25) is 0 Å². The summed E-state index contributed by atoms with van der Waals surface area (Å²) in [6, 6.07) is 6.02. The van der Waals surface area contributed by atoms with Crippen LogP contribution in [0, 0.1) is 17.3 Å². The molecular weight excluding hydrogens is 437 g/mol. The van der Waals surface area contributed by atoms with Gasteiger partial charge in [-0.05, 0) is 30.9 Å². The molecule has 10 nitrogen and oxygen atoms in total. The van der Waals surface area contributed by atoms with Crippen LogP contribution in [0.15, 0.2) is 66.3 Å². The van der Waals surface area contributed by atoms with Crippen molar-refractivity contribution in [1.82, 2.24) is 24.5 Å². The van der Waals surface area contributed by atoms with E-state index in [1.54, 1.807) is 30.6 Å². The molecule has 4 N–H and O–H groups in total. The Kier molecular flexibility index (Phi) is 5.58. The summed E-state index contributed by atoms with van der Waals surface area (Å²) < 4.78 is 21.5. The summed E-state index contributed by atoms with van der Waals surface area (Å²) >= 11 is 0. The Hall–Kier alpha value is -4.41. The predicted molar refractivity (Wildman–Crippen MR) is 125 cm³/mol. The third-order valence-electron chi connectivity index (χ3n) is 5.85. The van der Waals surface area contributed by atoms with Crippen LogP contribution in [0.25, 0.3) is 22.2 Å². The second kappa shape index (κ2) is 8.85. The third-order valence-corrected chi connectivity index (χ3v) is 5.85. The van der Waals surface area contributed by atoms with Crippen molar-refractivity contribution in [2.24, 2.45) is 11.0 Å². The van der Waals surface area contributed by atoms with E-state index in [-0.39, 0.29) is 12.0 Å². The smallest absolute Gasteiger partial charge is 0.224 e. The number of ether oxygens (including phenoxy) is 1. The van der Waals surface area contributed by atoms with Gasteiger partial charge in [0.1, 0.15) is 35.6 Å². The second-order valence-corrected chi connectivity index (χ2v) is 7.94. The van der Waals surface area contributed by atoms with Crippen molar-refractivity contribution in [3.63, 3.8) is 0 Å². The van der Waals surface area contributed by atoms with E-state index in [0.29, 0.717) is 45.2 Å². The number of hydrogen-bond donors (Lipinski definition) is 3. The minimum absolute atomic E-state index is 0.233. The number of allylic oxidation sites excluding steroid dienone is 1. The highest BCUT2D eigenvalue weighted by molar-refractivity contribution is 6.01. The number of anilines is 2. The molecule has 0 saturated heterocycles. The normalized spacial score (nSPS) is 14.7. The average molecular weight is 459 g/mol. The maximum Gasteiger partial charge on any atom is 0.224 e. The molecule has 1 aliphatic carbocycles. The molecule has 3 heterocycles. The van der Waals surface area contributed by atoms with E-state index < -0.39 is 5.82 Å². The van der Waals surface area contributed by atoms with E-state index in [0.717, 1.165) is 12.8 Å². The van der Waals surface area contributed by atoms with Crippen LogP contribution in [0.3, 0.4) is 0 Å². The number of nitrogens with one attached hydrogen (secondary N) is 2. The molecule has 11 heteroatoms. The van der Waals surface area contributed by atoms with Crippen molar-refractivity contribution >= 4 is 22.5 Å². The molecule has 1 atom stereocenters. The first-order chi connectivity index (χ1) is 16.6. The number of methoxy groups -OCH3 is 1. The van der Waals surface area contributed by atoms with Gasteiger partial charge >= 0.3 is 0 Å². The molecule has 0 radical (unpaired) electrons. The number of nitrogens with zero attached hydrogens (tertiary/aromatic N) is 6. The zero-order valence-electron chi connectivity index (χ0n) is 18.3. The molecule has 5 rings (SSSR count). The Bertz CT molecular complexity index is 1400. The molecule has 1 fully saturated rings. The minimum atomic E-state index is -0.392. The fraction of sp³-hybridized carbons (Fsp3) is 0.217. The van der Waals surface area contributed by atoms with E-state index in [2.05, 4.69) is 30.4 Å². The summed E-state index contributed by atoms with van der Waals surface area (Å²) in [7, 11) is 1.53. The quantitative estimate of drug-likeness (QED) is 0.328. The minimum Gasteiger partial charge on any atom is -0.480 e. The lowest BCUT2D eigenvalue weighted by Gasteiger charge is -2.19. The number of fused-ring (bicyclic) bond motifs is 1. The summed E-state index contributed by atoms with van der Waals surface area (Å²) in [6.45, 7) is 0. The van der Waals surface area contributed by atoms with Crippen LogP contribution in [0.1, 0.15) is 18.9 Å². The molecule has 0 amide bonds. The van der Waals surface area contributed by atoms with Crippen molar-refractivity contribution in [3.8, 4) is 17.0 Å². The number of rotatable bonds is 8. The van der Waals surface area contributed by atoms with E-state index in [4.69, 9.17) is 16.0 Å². The molecule has 1 aliphatic rings. The van der Waals surface area contributed by atoms with Gasteiger partial charge in [-0.1, -0.05) is 12.1 Å². The lowest BCUT2D eigenvalue weighted by atomic mass is 10.1. The van der Waals surface area contributed by atoms with Gasteiger partial charge in [-0.15, -0.1) is 0 Å². The standard InChI is InChI=1S/C23H22FN9O/c1-34-23-14(8-27-11-31-23)15-10-33(22-19(15)21(25)29-12-30-22)20(13-6-7-13)18(32-26)9-28-17-5-3-2-4-16(17)24/h2-5,8-13,20,26,28H,6-7H2,1H3,(H2,25,29,30)/b18-9-,32-26?. The van der Waals surface area contributed by atoms with Gasteiger partial charge in [-0.25, -0.2) is 29.9 Å². The maximum atomic E-state index is 14.1. The largest absolute Gasteiger partial charge is 0.480 e. The number of nitrogens with two attached hydrogens (primary N) is 1. The van der Waals surface area contributed by atoms with Gasteiger partial charge in [0.15, 0.2) is 0 Å². The molecular formula is C23H22FN9O. The molecule has 172 valence electrons. The van der Waals surface area contributed by atoms with Crippen molar-refractivity contribution in [2.75, 3.05) is 18.2 Å². The first kappa shape index (κ1) is 21.4. The fourth-order valence-corrected chi connectivity index (χ4v) is 4.13. The number of halogens is 1. The van der Waals surface area contributed by atoms with Crippen LogP contribution < -0.4 is 15.8 Å². The van der Waals surface area contributed by atoms with Crippen molar-refractivity contribution in [1.29, 1.82) is 5.53 Å². The molecule has 34 heavy (non-hydrogen) atoms. The predicted octanol–water partition coefficient (Wildman–Crippen LogP) is 4.55. The van der Waals surface area contributed by atoms with Crippen LogP contribution in [0.4, 0.5) is 15.9 Å². The van der Waals surface area contributed by atoms with Gasteiger partial charge in [-0.3, -0.25) is 0 Å². The van der Waals surface area contributed by atoms with Crippen LogP contribution in [-0.4, -0.2) is 31.6 Å². The summed E-state index contributed by atoms with van der Waals surface area (Å²) in [4.78, 5) is 17.0. The highest BCUT2D eigenvalue weighted by Gasteiger charge is 2.37. The van der Waals surface area contributed by atoms with Gasteiger partial charge in [0, 0.05) is 24.2 Å². The molecule has 1 saturated carbocycles. The highest BCUT2D eigenvalue weighted by Crippen LogP contribution is 2.47. The lowest BCUT2D eigenvalue weighted by Crippen LogP contribution is -2.14. The Balaban J connectivity index is 1.66. The van der Waals surface area contributed by atoms with Crippen LogP contribution >= 0.6 is 0 Å². The fourth-order valence-electron chi connectivity index (χ4n) is 4.13. The van der Waals surface area contributed by atoms with E-state index in [9.17, 15) is 4.39 Å². The summed E-state index contributed by atoms with van der Waals surface area (Å²) in [6.07, 6.45) is 9.84. The average Bonchev–Trinajstić information content (AvgIpc) is 3.62. The molecule has 4 aromatic rings. The van der Waals surface area contributed by atoms with Gasteiger partial charge in [0.05, 0.1) is 29.8 Å². The van der Waals surface area contributed by atoms with E-state index in [1.165, 1.54) is 25.8 Å². The molecule has 3 aromatic heterocycles. The summed E-state index contributed by atoms with van der Waals surface area (Å²) in [5, 5.41) is 7.38. The van der Waals surface area contributed by atoms with Gasteiger partial charge in [0.2, 0.25) is 5.88 Å². The molecule has 0 bridgehead atoms. The van der Waals surface area contributed by atoms with Gasteiger partial charge in [-0.2, -0.15) is 5.11 Å². The summed E-state index contributed by atoms with van der Waals surface area (Å²) in [5.41, 5.74) is 16.8. The Morgan fingerprint density at radius 3 is 2.82 bits per heavy atom. The highest BCUT2D eigenvalue weighted by atomic mass is 19.1. The van der Waals surface area contributed by atoms with Gasteiger partial charge < -0.3 is 20.4 Å². The molecule has 1 aromatic carbocycles. The Morgan fingerprint density at radius 2 is 2.09 bits per heavy atom. The Morgan fingerprint density at radius 1 is 1.26 bits per heavy atom. The molecule has 0 aliphatic heterocycles. The zero-order valence-corrected chi connectivity index (χ0v) is 18.3. The third kappa shape index (κ3) is 3.81. The van der Waals surface area contributed by atoms with Crippen LogP contribution in [0.5, 0.6) is 5.88 Å². The van der Waals surface area contributed by atoms with Crippen molar-refractivity contribution in [2.45, 2.75) is 18.9 Å². The molecule has 1 unspecified atom stereocenters. The topological polar surface area (TPSA) is 140 Å². The van der Waals surface area contributed by atoms with E-state index in [1.807, 2.05) is 10.8 Å². The van der Waals surface area contributed by atoms with E-state index >= 15 is 0 Å². The second-order valence-electron chi connectivity index (χ2n) is 7.94. The zero-order chi connectivity index (χ0) is 23.7. The summed E-state index contributed by atoms with van der Waals surface area (Å²) in [5.74, 6) is 0.534. The SMILES string of the molecule is COc1ncncc1-c1cn(C(/C(=C/Nc2ccccc2F)N=N)C2CC2)c2ncnc(N)c12. The first-order valence-electron chi connectivity index (χ1n) is 10.7. The first-order valence-corrected chi connectivity index (χ1v) is 10.7. The number of benzene rings is 1. The molecule has 0 spiro atoms. The number of hydrogen-bond acceptors (Lipinski definition) is 9.